The van der Waals surface area contributed by atoms with Crippen molar-refractivity contribution >= 4 is 6.34 Å². The van der Waals surface area contributed by atoms with Gasteiger partial charge in [0.15, 0.2) is 0 Å². The third-order valence-electron chi connectivity index (χ3n) is 1.80. The number of hydrogen-bond donors (Lipinski definition) is 1. The zero-order chi connectivity index (χ0) is 10.5. The molecule has 3 nitrogen and oxygen atoms in total. The summed E-state index contributed by atoms with van der Waals surface area (Å²) in [4.78, 5) is 6.02. The molecule has 0 aliphatic heterocycles. The van der Waals surface area contributed by atoms with Gasteiger partial charge in [0, 0.05) is 19.5 Å². The van der Waals surface area contributed by atoms with E-state index in [2.05, 4.69) is 37.7 Å². The second kappa shape index (κ2) is 4.90. The van der Waals surface area contributed by atoms with Crippen LogP contribution in [0.15, 0.2) is 17.8 Å². The van der Waals surface area contributed by atoms with Crippen LogP contribution in [-0.2, 0) is 0 Å². The summed E-state index contributed by atoms with van der Waals surface area (Å²) in [5.41, 5.74) is 0.143. The maximum atomic E-state index is 3.98. The van der Waals surface area contributed by atoms with Crippen molar-refractivity contribution in [3.63, 3.8) is 0 Å². The highest BCUT2D eigenvalue weighted by Crippen LogP contribution is 2.20. The minimum absolute atomic E-state index is 0.143. The molecule has 0 aliphatic carbocycles. The van der Waals surface area contributed by atoms with Crippen LogP contribution in [-0.4, -0.2) is 31.5 Å². The number of nitrogens with one attached hydrogen (secondary N) is 1. The van der Waals surface area contributed by atoms with E-state index in [9.17, 15) is 0 Å². The molecule has 0 aliphatic rings. The van der Waals surface area contributed by atoms with Gasteiger partial charge in [-0.2, -0.15) is 0 Å². The highest BCUT2D eigenvalue weighted by atomic mass is 15.3. The molecule has 0 aromatic carbocycles. The van der Waals surface area contributed by atoms with Gasteiger partial charge in [-0.25, -0.2) is 0 Å². The largest absolute Gasteiger partial charge is 0.371 e. The maximum absolute atomic E-state index is 3.98. The Morgan fingerprint density at radius 3 is 2.31 bits per heavy atom. The lowest BCUT2D eigenvalue weighted by atomic mass is 9.91. The number of aliphatic imine (C=N–C) groups is 1. The van der Waals surface area contributed by atoms with E-state index < -0.39 is 0 Å². The van der Waals surface area contributed by atoms with Gasteiger partial charge < -0.3 is 10.2 Å². The minimum Gasteiger partial charge on any atom is -0.371 e. The normalized spacial score (nSPS) is 14.2. The molecule has 0 rings (SSSR count). The van der Waals surface area contributed by atoms with Gasteiger partial charge in [-0.15, -0.1) is 0 Å². The van der Waals surface area contributed by atoms with Gasteiger partial charge in [-0.1, -0.05) is 27.4 Å². The molecule has 0 spiro atoms. The van der Waals surface area contributed by atoms with Crippen LogP contribution >= 0.6 is 0 Å². The average Bonchev–Trinajstić information content (AvgIpc) is 1.98. The Morgan fingerprint density at radius 1 is 1.46 bits per heavy atom. The minimum atomic E-state index is 0.143. The lowest BCUT2D eigenvalue weighted by molar-refractivity contribution is 0.173. The molecule has 3 heteroatoms. The van der Waals surface area contributed by atoms with Gasteiger partial charge in [0.2, 0.25) is 0 Å². The third kappa shape index (κ3) is 3.97. The van der Waals surface area contributed by atoms with Crippen molar-refractivity contribution < 1.29 is 0 Å². The van der Waals surface area contributed by atoms with E-state index in [0.717, 1.165) is 0 Å². The highest BCUT2D eigenvalue weighted by Gasteiger charge is 2.25. The van der Waals surface area contributed by atoms with E-state index in [1.165, 1.54) is 0 Å². The molecule has 0 fully saturated rings. The Morgan fingerprint density at radius 2 is 2.00 bits per heavy atom. The Bertz CT molecular complexity index is 179. The zero-order valence-corrected chi connectivity index (χ0v) is 9.33. The summed E-state index contributed by atoms with van der Waals surface area (Å²) in [6.45, 7) is 10.2. The first kappa shape index (κ1) is 12.0. The van der Waals surface area contributed by atoms with Crippen LogP contribution in [0.4, 0.5) is 0 Å². The molecule has 0 heterocycles. The smallest absolute Gasteiger partial charge is 0.104 e. The Hall–Kier alpha value is -0.990. The molecule has 76 valence electrons. The zero-order valence-electron chi connectivity index (χ0n) is 9.33. The number of hydrogen-bond acceptors (Lipinski definition) is 2. The molecule has 1 atom stereocenters. The van der Waals surface area contributed by atoms with Gasteiger partial charge in [-0.05, 0) is 6.20 Å². The van der Waals surface area contributed by atoms with Crippen LogP contribution in [0.3, 0.4) is 0 Å². The second-order valence-corrected chi connectivity index (χ2v) is 4.18. The summed E-state index contributed by atoms with van der Waals surface area (Å²) in [7, 11) is 3.77. The summed E-state index contributed by atoms with van der Waals surface area (Å²) >= 11 is 0. The van der Waals surface area contributed by atoms with E-state index >= 15 is 0 Å². The predicted molar refractivity (Wildman–Crippen MR) is 58.8 cm³/mol. The van der Waals surface area contributed by atoms with E-state index in [1.807, 2.05) is 18.3 Å². The van der Waals surface area contributed by atoms with Crippen LogP contribution in [0.2, 0.25) is 0 Å². The van der Waals surface area contributed by atoms with Crippen molar-refractivity contribution in [2.75, 3.05) is 14.1 Å². The lowest BCUT2D eigenvalue weighted by Crippen LogP contribution is -2.49. The van der Waals surface area contributed by atoms with Gasteiger partial charge in [0.05, 0.1) is 6.34 Å². The van der Waals surface area contributed by atoms with Crippen LogP contribution in [0.5, 0.6) is 0 Å². The summed E-state index contributed by atoms with van der Waals surface area (Å²) < 4.78 is 0. The van der Waals surface area contributed by atoms with Crippen molar-refractivity contribution in [2.45, 2.75) is 26.9 Å². The quantitative estimate of drug-likeness (QED) is 0.408. The first-order chi connectivity index (χ1) is 5.93. The standard InChI is InChI=1S/C10H21N3/c1-7-12-9(10(2,3)4)13(6)8-11-5/h7-9,12H,1H2,2-6H3. The first-order valence-electron chi connectivity index (χ1n) is 4.44. The van der Waals surface area contributed by atoms with Crippen LogP contribution < -0.4 is 5.32 Å². The fourth-order valence-corrected chi connectivity index (χ4v) is 1.34. The number of nitrogens with zero attached hydrogens (tertiary/aromatic N) is 2. The van der Waals surface area contributed by atoms with Crippen molar-refractivity contribution in [1.82, 2.24) is 10.2 Å². The lowest BCUT2D eigenvalue weighted by Gasteiger charge is -2.37. The van der Waals surface area contributed by atoms with Gasteiger partial charge >= 0.3 is 0 Å². The van der Waals surface area contributed by atoms with E-state index in [1.54, 1.807) is 13.2 Å². The molecule has 0 saturated carbocycles. The number of rotatable bonds is 4. The Labute approximate surface area is 81.5 Å². The molecular weight excluding hydrogens is 162 g/mol. The van der Waals surface area contributed by atoms with E-state index in [-0.39, 0.29) is 11.6 Å². The molecule has 13 heavy (non-hydrogen) atoms. The van der Waals surface area contributed by atoms with Crippen molar-refractivity contribution in [3.05, 3.63) is 12.8 Å². The van der Waals surface area contributed by atoms with E-state index in [4.69, 9.17) is 0 Å². The van der Waals surface area contributed by atoms with Gasteiger partial charge in [-0.3, -0.25) is 4.99 Å². The molecule has 0 aromatic heterocycles. The summed E-state index contributed by atoms with van der Waals surface area (Å²) in [5, 5.41) is 3.21. The fourth-order valence-electron chi connectivity index (χ4n) is 1.34. The molecular formula is C10H21N3. The second-order valence-electron chi connectivity index (χ2n) is 4.18. The third-order valence-corrected chi connectivity index (χ3v) is 1.80. The van der Waals surface area contributed by atoms with Crippen molar-refractivity contribution in [1.29, 1.82) is 0 Å². The Kier molecular flexibility index (Phi) is 4.52. The maximum Gasteiger partial charge on any atom is 0.104 e. The van der Waals surface area contributed by atoms with Gasteiger partial charge in [0.25, 0.3) is 0 Å². The Balaban J connectivity index is 4.49. The predicted octanol–water partition coefficient (Wildman–Crippen LogP) is 1.68. The molecule has 1 N–H and O–H groups in total. The topological polar surface area (TPSA) is 27.6 Å². The SMILES string of the molecule is C=CNC(N(C)C=NC)C(C)(C)C. The van der Waals surface area contributed by atoms with Crippen LogP contribution in [0.1, 0.15) is 20.8 Å². The highest BCUT2D eigenvalue weighted by molar-refractivity contribution is 5.54. The average molecular weight is 183 g/mol. The monoisotopic (exact) mass is 183 g/mol. The van der Waals surface area contributed by atoms with Crippen LogP contribution in [0.25, 0.3) is 0 Å². The molecule has 0 saturated heterocycles. The fraction of sp³-hybridized carbons (Fsp3) is 0.700. The van der Waals surface area contributed by atoms with Gasteiger partial charge in [0.1, 0.15) is 6.17 Å². The first-order valence-corrected chi connectivity index (χ1v) is 4.44. The molecule has 1 unspecified atom stereocenters. The summed E-state index contributed by atoms with van der Waals surface area (Å²) in [5.74, 6) is 0. The van der Waals surface area contributed by atoms with Crippen molar-refractivity contribution in [3.8, 4) is 0 Å². The van der Waals surface area contributed by atoms with Crippen LogP contribution in [0, 0.1) is 5.41 Å². The summed E-state index contributed by atoms with van der Waals surface area (Å²) in [6.07, 6.45) is 3.75. The van der Waals surface area contributed by atoms with Crippen molar-refractivity contribution in [2.24, 2.45) is 10.4 Å². The summed E-state index contributed by atoms with van der Waals surface area (Å²) in [6, 6.07) is 0. The molecule has 0 bridgehead atoms. The molecule has 0 radical (unpaired) electrons. The van der Waals surface area contributed by atoms with E-state index in [0.29, 0.717) is 0 Å². The molecule has 0 aromatic rings. The molecule has 0 amide bonds.